The van der Waals surface area contributed by atoms with Crippen molar-refractivity contribution in [3.8, 4) is 0 Å². The Balaban J connectivity index is 2.68. The van der Waals surface area contributed by atoms with Crippen LogP contribution in [-0.2, 0) is 0 Å². The molecule has 1 aliphatic rings. The summed E-state index contributed by atoms with van der Waals surface area (Å²) < 4.78 is 0. The number of hydrogen-bond donors (Lipinski definition) is 1. The first-order chi connectivity index (χ1) is 5.89. The summed E-state index contributed by atoms with van der Waals surface area (Å²) >= 11 is 0. The molecule has 0 heterocycles. The summed E-state index contributed by atoms with van der Waals surface area (Å²) in [7, 11) is 0. The van der Waals surface area contributed by atoms with Crippen LogP contribution in [0.15, 0.2) is 11.6 Å². The van der Waals surface area contributed by atoms with E-state index in [1.807, 2.05) is 13.0 Å². The lowest BCUT2D eigenvalue weighted by Crippen LogP contribution is -2.23. The van der Waals surface area contributed by atoms with E-state index in [4.69, 9.17) is 0 Å². The fraction of sp³-hybridized carbons (Fsp3) is 0.833. The Labute approximate surface area is 81.9 Å². The summed E-state index contributed by atoms with van der Waals surface area (Å²) in [4.78, 5) is 0. The normalized spacial score (nSPS) is 33.3. The Morgan fingerprint density at radius 1 is 1.54 bits per heavy atom. The summed E-state index contributed by atoms with van der Waals surface area (Å²) in [5, 5.41) is 9.28. The molecule has 1 heteroatoms. The summed E-state index contributed by atoms with van der Waals surface area (Å²) in [6.45, 7) is 8.77. The van der Waals surface area contributed by atoms with E-state index in [0.29, 0.717) is 5.41 Å². The van der Waals surface area contributed by atoms with Gasteiger partial charge in [0.2, 0.25) is 0 Å². The van der Waals surface area contributed by atoms with E-state index in [-0.39, 0.29) is 6.10 Å². The Bertz CT molecular complexity index is 201. The Morgan fingerprint density at radius 3 is 2.62 bits per heavy atom. The van der Waals surface area contributed by atoms with Gasteiger partial charge in [0, 0.05) is 0 Å². The first-order valence-corrected chi connectivity index (χ1v) is 5.27. The topological polar surface area (TPSA) is 20.2 Å². The molecule has 1 fully saturated rings. The molecule has 0 saturated heterocycles. The van der Waals surface area contributed by atoms with Crippen molar-refractivity contribution in [2.75, 3.05) is 0 Å². The molecule has 0 radical (unpaired) electrons. The molecule has 1 rings (SSSR count). The first-order valence-electron chi connectivity index (χ1n) is 5.27. The summed E-state index contributed by atoms with van der Waals surface area (Å²) in [6, 6.07) is 0. The van der Waals surface area contributed by atoms with Crippen LogP contribution >= 0.6 is 0 Å². The fourth-order valence-corrected chi connectivity index (χ4v) is 2.69. The molecule has 1 N–H and O–H groups in total. The number of hydrogen-bond acceptors (Lipinski definition) is 1. The maximum atomic E-state index is 9.28. The van der Waals surface area contributed by atoms with Crippen LogP contribution in [0.4, 0.5) is 0 Å². The zero-order valence-electron chi connectivity index (χ0n) is 9.30. The molecular weight excluding hydrogens is 160 g/mol. The van der Waals surface area contributed by atoms with Gasteiger partial charge < -0.3 is 5.11 Å². The van der Waals surface area contributed by atoms with E-state index in [0.717, 1.165) is 12.3 Å². The third-order valence-corrected chi connectivity index (χ3v) is 2.69. The zero-order valence-corrected chi connectivity index (χ0v) is 9.30. The van der Waals surface area contributed by atoms with Crippen LogP contribution in [0.1, 0.15) is 47.0 Å². The average Bonchev–Trinajstić information content (AvgIpc) is 1.78. The molecule has 0 aromatic rings. The van der Waals surface area contributed by atoms with Crippen LogP contribution in [-0.4, -0.2) is 11.2 Å². The van der Waals surface area contributed by atoms with E-state index in [2.05, 4.69) is 20.8 Å². The smallest absolute Gasteiger partial charge is 0.0695 e. The van der Waals surface area contributed by atoms with Crippen molar-refractivity contribution < 1.29 is 5.11 Å². The predicted octanol–water partition coefficient (Wildman–Crippen LogP) is 3.14. The standard InChI is InChI=1S/C12H22O/c1-9-5-11(6-10(2)13)8-12(3,4)7-9/h6,9-10,13H,5,7-8H2,1-4H3/b11-6-. The van der Waals surface area contributed by atoms with Gasteiger partial charge in [-0.05, 0) is 37.5 Å². The molecule has 0 aliphatic heterocycles. The van der Waals surface area contributed by atoms with Gasteiger partial charge >= 0.3 is 0 Å². The van der Waals surface area contributed by atoms with Gasteiger partial charge in [0.1, 0.15) is 0 Å². The van der Waals surface area contributed by atoms with Crippen LogP contribution in [0.3, 0.4) is 0 Å². The molecular formula is C12H22O. The average molecular weight is 182 g/mol. The lowest BCUT2D eigenvalue weighted by Gasteiger charge is -2.35. The van der Waals surface area contributed by atoms with Crippen molar-refractivity contribution in [3.63, 3.8) is 0 Å². The third-order valence-electron chi connectivity index (χ3n) is 2.69. The van der Waals surface area contributed by atoms with Crippen LogP contribution in [0.5, 0.6) is 0 Å². The summed E-state index contributed by atoms with van der Waals surface area (Å²) in [5.41, 5.74) is 1.87. The first kappa shape index (κ1) is 10.8. The van der Waals surface area contributed by atoms with Crippen LogP contribution in [0.25, 0.3) is 0 Å². The highest BCUT2D eigenvalue weighted by atomic mass is 16.3. The SMILES string of the molecule is CC(O)/C=C1/CC(C)CC(C)(C)C1. The molecule has 1 aliphatic carbocycles. The van der Waals surface area contributed by atoms with Crippen molar-refractivity contribution in [2.45, 2.75) is 53.1 Å². The molecule has 0 amide bonds. The lowest BCUT2D eigenvalue weighted by atomic mass is 9.70. The minimum Gasteiger partial charge on any atom is -0.389 e. The monoisotopic (exact) mass is 182 g/mol. The largest absolute Gasteiger partial charge is 0.389 e. The highest BCUT2D eigenvalue weighted by molar-refractivity contribution is 5.11. The third kappa shape index (κ3) is 3.51. The fourth-order valence-electron chi connectivity index (χ4n) is 2.69. The maximum absolute atomic E-state index is 9.28. The van der Waals surface area contributed by atoms with E-state index in [9.17, 15) is 5.11 Å². The van der Waals surface area contributed by atoms with Gasteiger partial charge in [0.05, 0.1) is 6.10 Å². The van der Waals surface area contributed by atoms with E-state index < -0.39 is 0 Å². The molecule has 13 heavy (non-hydrogen) atoms. The van der Waals surface area contributed by atoms with E-state index in [1.54, 1.807) is 0 Å². The van der Waals surface area contributed by atoms with Crippen molar-refractivity contribution in [1.82, 2.24) is 0 Å². The Morgan fingerprint density at radius 2 is 2.15 bits per heavy atom. The number of aliphatic hydroxyl groups excluding tert-OH is 1. The van der Waals surface area contributed by atoms with Gasteiger partial charge in [-0.2, -0.15) is 0 Å². The Kier molecular flexibility index (Phi) is 3.18. The molecule has 1 saturated carbocycles. The van der Waals surface area contributed by atoms with Gasteiger partial charge in [-0.1, -0.05) is 32.4 Å². The molecule has 0 spiro atoms. The van der Waals surface area contributed by atoms with Gasteiger partial charge in [0.15, 0.2) is 0 Å². The molecule has 0 bridgehead atoms. The molecule has 0 aromatic heterocycles. The highest BCUT2D eigenvalue weighted by Crippen LogP contribution is 2.41. The van der Waals surface area contributed by atoms with Crippen molar-refractivity contribution in [3.05, 3.63) is 11.6 Å². The number of allylic oxidation sites excluding steroid dienone is 1. The quantitative estimate of drug-likeness (QED) is 0.618. The van der Waals surface area contributed by atoms with Crippen LogP contribution < -0.4 is 0 Å². The molecule has 2 atom stereocenters. The van der Waals surface area contributed by atoms with Crippen molar-refractivity contribution >= 4 is 0 Å². The lowest BCUT2D eigenvalue weighted by molar-refractivity contribution is 0.220. The number of rotatable bonds is 1. The van der Waals surface area contributed by atoms with Crippen molar-refractivity contribution in [1.29, 1.82) is 0 Å². The second-order valence-electron chi connectivity index (χ2n) is 5.42. The molecule has 0 aromatic carbocycles. The minimum absolute atomic E-state index is 0.281. The van der Waals surface area contributed by atoms with Crippen molar-refractivity contribution in [2.24, 2.45) is 11.3 Å². The minimum atomic E-state index is -0.281. The summed E-state index contributed by atoms with van der Waals surface area (Å²) in [6.07, 6.45) is 5.38. The molecule has 76 valence electrons. The summed E-state index contributed by atoms with van der Waals surface area (Å²) in [5.74, 6) is 0.772. The highest BCUT2D eigenvalue weighted by Gasteiger charge is 2.28. The van der Waals surface area contributed by atoms with Gasteiger partial charge in [-0.15, -0.1) is 0 Å². The maximum Gasteiger partial charge on any atom is 0.0695 e. The zero-order chi connectivity index (χ0) is 10.1. The van der Waals surface area contributed by atoms with Crippen LogP contribution in [0, 0.1) is 11.3 Å². The second kappa shape index (κ2) is 3.83. The Hall–Kier alpha value is -0.300. The van der Waals surface area contributed by atoms with Gasteiger partial charge in [-0.3, -0.25) is 0 Å². The molecule has 1 nitrogen and oxygen atoms in total. The van der Waals surface area contributed by atoms with E-state index in [1.165, 1.54) is 18.4 Å². The van der Waals surface area contributed by atoms with Gasteiger partial charge in [0.25, 0.3) is 0 Å². The van der Waals surface area contributed by atoms with Gasteiger partial charge in [-0.25, -0.2) is 0 Å². The molecule has 2 unspecified atom stereocenters. The van der Waals surface area contributed by atoms with E-state index >= 15 is 0 Å². The second-order valence-corrected chi connectivity index (χ2v) is 5.42. The van der Waals surface area contributed by atoms with Crippen LogP contribution in [0.2, 0.25) is 0 Å². The number of aliphatic hydroxyl groups is 1. The predicted molar refractivity (Wildman–Crippen MR) is 56.6 cm³/mol.